The van der Waals surface area contributed by atoms with Crippen LogP contribution in [0.15, 0.2) is 10.6 Å². The van der Waals surface area contributed by atoms with Crippen LogP contribution in [-0.4, -0.2) is 66.0 Å². The van der Waals surface area contributed by atoms with Gasteiger partial charge in [-0.15, -0.1) is 0 Å². The Morgan fingerprint density at radius 2 is 1.77 bits per heavy atom. The summed E-state index contributed by atoms with van der Waals surface area (Å²) >= 11 is 0. The number of nitrogens with zero attached hydrogens (tertiary/aromatic N) is 3. The van der Waals surface area contributed by atoms with Gasteiger partial charge >= 0.3 is 0 Å². The predicted molar refractivity (Wildman–Crippen MR) is 118 cm³/mol. The number of amides is 2. The van der Waals surface area contributed by atoms with E-state index < -0.39 is 0 Å². The molecule has 4 rings (SSSR count). The lowest BCUT2D eigenvalue weighted by Gasteiger charge is -2.37. The van der Waals surface area contributed by atoms with Gasteiger partial charge in [0.25, 0.3) is 0 Å². The Bertz CT molecular complexity index is 735. The number of hydrogen-bond acceptors (Lipinski definition) is 5. The molecule has 7 heteroatoms. The summed E-state index contributed by atoms with van der Waals surface area (Å²) in [5, 5.41) is 7.87. The molecule has 1 aromatic rings. The third-order valence-corrected chi connectivity index (χ3v) is 7.57. The Morgan fingerprint density at radius 3 is 2.52 bits per heavy atom. The molecule has 2 aliphatic heterocycles. The molecule has 2 saturated heterocycles. The highest BCUT2D eigenvalue weighted by Crippen LogP contribution is 2.29. The molecule has 0 bridgehead atoms. The van der Waals surface area contributed by atoms with Crippen LogP contribution in [0.5, 0.6) is 0 Å². The highest BCUT2D eigenvalue weighted by Gasteiger charge is 2.31. The summed E-state index contributed by atoms with van der Waals surface area (Å²) in [7, 11) is 0. The molecule has 1 aromatic heterocycles. The predicted octanol–water partition coefficient (Wildman–Crippen LogP) is 2.65. The molecule has 1 aliphatic carbocycles. The van der Waals surface area contributed by atoms with E-state index in [1.165, 1.54) is 32.1 Å². The minimum absolute atomic E-state index is 0.0981. The second-order valence-electron chi connectivity index (χ2n) is 9.80. The Labute approximate surface area is 185 Å². The summed E-state index contributed by atoms with van der Waals surface area (Å²) in [6.07, 6.45) is 10.2. The normalized spacial score (nSPS) is 25.6. The van der Waals surface area contributed by atoms with Crippen molar-refractivity contribution >= 4 is 11.8 Å². The third kappa shape index (κ3) is 6.09. The fourth-order valence-electron chi connectivity index (χ4n) is 5.60. The van der Waals surface area contributed by atoms with Crippen LogP contribution < -0.4 is 5.32 Å². The van der Waals surface area contributed by atoms with Gasteiger partial charge < -0.3 is 19.6 Å². The number of aromatic nitrogens is 1. The van der Waals surface area contributed by atoms with E-state index >= 15 is 0 Å². The van der Waals surface area contributed by atoms with Gasteiger partial charge in [0.1, 0.15) is 5.76 Å². The number of piperazine rings is 1. The third-order valence-electron chi connectivity index (χ3n) is 7.57. The van der Waals surface area contributed by atoms with Crippen LogP contribution in [0.25, 0.3) is 0 Å². The van der Waals surface area contributed by atoms with Crippen molar-refractivity contribution in [3.05, 3.63) is 17.5 Å². The lowest BCUT2D eigenvalue weighted by Crippen LogP contribution is -2.51. The number of carbonyl (C=O) groups is 2. The van der Waals surface area contributed by atoms with E-state index in [4.69, 9.17) is 4.52 Å². The van der Waals surface area contributed by atoms with Gasteiger partial charge in [-0.3, -0.25) is 9.59 Å². The maximum Gasteiger partial charge on any atom is 0.222 e. The maximum absolute atomic E-state index is 12.9. The summed E-state index contributed by atoms with van der Waals surface area (Å²) in [6.45, 7) is 6.11. The Kier molecular flexibility index (Phi) is 7.64. The number of hydrogen-bond donors (Lipinski definition) is 1. The number of rotatable bonds is 6. The molecule has 3 aliphatic rings. The number of piperidine rings is 1. The molecule has 31 heavy (non-hydrogen) atoms. The summed E-state index contributed by atoms with van der Waals surface area (Å²) in [6, 6.07) is 2.16. The van der Waals surface area contributed by atoms with Crippen LogP contribution in [-0.2, 0) is 22.4 Å². The van der Waals surface area contributed by atoms with E-state index in [2.05, 4.69) is 16.5 Å². The monoisotopic (exact) mass is 430 g/mol. The second-order valence-corrected chi connectivity index (χ2v) is 9.80. The Balaban J connectivity index is 1.28. The molecule has 1 saturated carbocycles. The molecule has 0 radical (unpaired) electrons. The van der Waals surface area contributed by atoms with Crippen molar-refractivity contribution in [2.75, 3.05) is 39.3 Å². The molecule has 0 spiro atoms. The van der Waals surface area contributed by atoms with E-state index in [0.29, 0.717) is 44.4 Å². The molecule has 2 amide bonds. The first-order chi connectivity index (χ1) is 15.1. The summed E-state index contributed by atoms with van der Waals surface area (Å²) in [5.74, 6) is 2.89. The first-order valence-corrected chi connectivity index (χ1v) is 12.3. The minimum Gasteiger partial charge on any atom is -0.361 e. The van der Waals surface area contributed by atoms with E-state index in [-0.39, 0.29) is 11.8 Å². The van der Waals surface area contributed by atoms with Gasteiger partial charge in [0, 0.05) is 52.0 Å². The first kappa shape index (κ1) is 22.3. The molecule has 3 heterocycles. The van der Waals surface area contributed by atoms with Crippen LogP contribution in [0.3, 0.4) is 0 Å². The van der Waals surface area contributed by atoms with E-state index in [0.717, 1.165) is 49.7 Å². The van der Waals surface area contributed by atoms with E-state index in [1.54, 1.807) is 6.92 Å². The Morgan fingerprint density at radius 1 is 1.03 bits per heavy atom. The zero-order chi connectivity index (χ0) is 21.6. The SMILES string of the molecule is CC(=O)N1CCN(C(=O)C[C@H]2CCNC[C@@H]2Cc2cc(CC3CCCCC3)on2)CC1. The quantitative estimate of drug-likeness (QED) is 0.751. The molecule has 0 unspecified atom stereocenters. The lowest BCUT2D eigenvalue weighted by atomic mass is 9.80. The van der Waals surface area contributed by atoms with E-state index in [9.17, 15) is 9.59 Å². The van der Waals surface area contributed by atoms with E-state index in [1.807, 2.05) is 9.80 Å². The van der Waals surface area contributed by atoms with Crippen molar-refractivity contribution in [2.45, 2.75) is 64.7 Å². The lowest BCUT2D eigenvalue weighted by molar-refractivity contribution is -0.139. The molecule has 7 nitrogen and oxygen atoms in total. The van der Waals surface area contributed by atoms with Crippen molar-refractivity contribution in [3.63, 3.8) is 0 Å². The van der Waals surface area contributed by atoms with Crippen molar-refractivity contribution < 1.29 is 14.1 Å². The molecule has 1 N–H and O–H groups in total. The van der Waals surface area contributed by atoms with Crippen molar-refractivity contribution in [3.8, 4) is 0 Å². The maximum atomic E-state index is 12.9. The van der Waals surface area contributed by atoms with Gasteiger partial charge in [-0.05, 0) is 43.7 Å². The van der Waals surface area contributed by atoms with Crippen LogP contribution in [0.1, 0.15) is 63.3 Å². The summed E-state index contributed by atoms with van der Waals surface area (Å²) in [5.41, 5.74) is 1.03. The fraction of sp³-hybridized carbons (Fsp3) is 0.792. The molecule has 2 atom stereocenters. The second kappa shape index (κ2) is 10.6. The molecule has 0 aromatic carbocycles. The van der Waals surface area contributed by atoms with Crippen molar-refractivity contribution in [2.24, 2.45) is 17.8 Å². The average Bonchev–Trinajstić information content (AvgIpc) is 3.22. The topological polar surface area (TPSA) is 78.7 Å². The van der Waals surface area contributed by atoms with Crippen LogP contribution in [0, 0.1) is 17.8 Å². The number of nitrogens with one attached hydrogen (secondary N) is 1. The smallest absolute Gasteiger partial charge is 0.222 e. The highest BCUT2D eigenvalue weighted by molar-refractivity contribution is 5.77. The zero-order valence-corrected chi connectivity index (χ0v) is 19.0. The van der Waals surface area contributed by atoms with Crippen LogP contribution >= 0.6 is 0 Å². The Hall–Kier alpha value is -1.89. The highest BCUT2D eigenvalue weighted by atomic mass is 16.5. The molecule has 3 fully saturated rings. The molecular weight excluding hydrogens is 392 g/mol. The van der Waals surface area contributed by atoms with Crippen molar-refractivity contribution in [1.82, 2.24) is 20.3 Å². The minimum atomic E-state index is 0.0981. The summed E-state index contributed by atoms with van der Waals surface area (Å²) < 4.78 is 5.67. The standard InChI is InChI=1S/C24H38N4O3/c1-18(29)27-9-11-28(12-10-27)24(30)15-20-7-8-25-17-21(20)14-22-16-23(31-26-22)13-19-5-3-2-4-6-19/h16,19-21,25H,2-15,17H2,1H3/t20-,21+/m1/s1. The average molecular weight is 431 g/mol. The van der Waals surface area contributed by atoms with Gasteiger partial charge in [0.15, 0.2) is 0 Å². The summed E-state index contributed by atoms with van der Waals surface area (Å²) in [4.78, 5) is 28.2. The number of carbonyl (C=O) groups excluding carboxylic acids is 2. The van der Waals surface area contributed by atoms with Crippen LogP contribution in [0.4, 0.5) is 0 Å². The molecular formula is C24H38N4O3. The van der Waals surface area contributed by atoms with Gasteiger partial charge in [-0.25, -0.2) is 0 Å². The van der Waals surface area contributed by atoms with Crippen molar-refractivity contribution in [1.29, 1.82) is 0 Å². The molecule has 172 valence electrons. The first-order valence-electron chi connectivity index (χ1n) is 12.3. The van der Waals surface area contributed by atoms with Gasteiger partial charge in [0.2, 0.25) is 11.8 Å². The zero-order valence-electron chi connectivity index (χ0n) is 19.0. The van der Waals surface area contributed by atoms with Gasteiger partial charge in [-0.2, -0.15) is 0 Å². The fourth-order valence-corrected chi connectivity index (χ4v) is 5.60. The largest absolute Gasteiger partial charge is 0.361 e. The van der Waals surface area contributed by atoms with Crippen LogP contribution in [0.2, 0.25) is 0 Å². The van der Waals surface area contributed by atoms with Gasteiger partial charge in [-0.1, -0.05) is 37.3 Å². The van der Waals surface area contributed by atoms with Gasteiger partial charge in [0.05, 0.1) is 5.69 Å².